The highest BCUT2D eigenvalue weighted by Gasteiger charge is 2.53. The summed E-state index contributed by atoms with van der Waals surface area (Å²) in [5, 5.41) is 0. The predicted molar refractivity (Wildman–Crippen MR) is 74.7 cm³/mol. The summed E-state index contributed by atoms with van der Waals surface area (Å²) >= 11 is 0. The van der Waals surface area contributed by atoms with Gasteiger partial charge in [0.15, 0.2) is 0 Å². The molecule has 0 radical (unpaired) electrons. The van der Waals surface area contributed by atoms with Crippen LogP contribution in [0.15, 0.2) is 24.3 Å². The summed E-state index contributed by atoms with van der Waals surface area (Å²) in [7, 11) is 0. The first-order valence-electron chi connectivity index (χ1n) is 7.65. The lowest BCUT2D eigenvalue weighted by Crippen LogP contribution is -2.67. The van der Waals surface area contributed by atoms with Crippen LogP contribution in [0, 0.1) is 0 Å². The van der Waals surface area contributed by atoms with Crippen LogP contribution in [0.2, 0.25) is 0 Å². The van der Waals surface area contributed by atoms with E-state index in [1.165, 1.54) is 31.6 Å². The van der Waals surface area contributed by atoms with Crippen LogP contribution >= 0.6 is 0 Å². The van der Waals surface area contributed by atoms with Crippen LogP contribution in [0.4, 0.5) is 5.69 Å². The molecule has 0 amide bonds. The lowest BCUT2D eigenvalue weighted by Gasteiger charge is -2.54. The van der Waals surface area contributed by atoms with Gasteiger partial charge < -0.3 is 9.64 Å². The van der Waals surface area contributed by atoms with Crippen molar-refractivity contribution in [3.8, 4) is 0 Å². The summed E-state index contributed by atoms with van der Waals surface area (Å²) < 4.78 is 6.07. The van der Waals surface area contributed by atoms with Gasteiger partial charge in [-0.15, -0.1) is 0 Å². The quantitative estimate of drug-likeness (QED) is 0.704. The molecule has 4 unspecified atom stereocenters. The molecule has 19 heavy (non-hydrogen) atoms. The number of ether oxygens (including phenoxy) is 1. The van der Waals surface area contributed by atoms with Crippen molar-refractivity contribution in [2.24, 2.45) is 0 Å². The minimum Gasteiger partial charge on any atom is -0.375 e. The third-order valence-corrected chi connectivity index (χ3v) is 5.66. The average Bonchev–Trinajstić information content (AvgIpc) is 2.81. The maximum Gasteiger partial charge on any atom is 0.0768 e. The van der Waals surface area contributed by atoms with E-state index in [0.29, 0.717) is 18.2 Å². The van der Waals surface area contributed by atoms with E-state index in [9.17, 15) is 0 Å². The van der Waals surface area contributed by atoms with Crippen molar-refractivity contribution < 1.29 is 4.74 Å². The van der Waals surface area contributed by atoms with E-state index >= 15 is 0 Å². The predicted octanol–water partition coefficient (Wildman–Crippen LogP) is 1.84. The number of rotatable bonds is 0. The summed E-state index contributed by atoms with van der Waals surface area (Å²) in [6, 6.07) is 10.4. The highest BCUT2D eigenvalue weighted by molar-refractivity contribution is 5.63. The van der Waals surface area contributed by atoms with Gasteiger partial charge in [-0.1, -0.05) is 18.2 Å². The van der Waals surface area contributed by atoms with E-state index in [1.807, 2.05) is 0 Å². The number of morpholine rings is 1. The molecule has 5 rings (SSSR count). The van der Waals surface area contributed by atoms with Gasteiger partial charge in [-0.2, -0.15) is 0 Å². The zero-order chi connectivity index (χ0) is 12.4. The maximum atomic E-state index is 6.07. The zero-order valence-corrected chi connectivity index (χ0v) is 11.2. The van der Waals surface area contributed by atoms with Crippen molar-refractivity contribution in [2.45, 2.75) is 36.9 Å². The Morgan fingerprint density at radius 3 is 2.95 bits per heavy atom. The van der Waals surface area contributed by atoms with E-state index < -0.39 is 0 Å². The Morgan fingerprint density at radius 2 is 1.95 bits per heavy atom. The topological polar surface area (TPSA) is 15.7 Å². The van der Waals surface area contributed by atoms with E-state index in [4.69, 9.17) is 4.74 Å². The van der Waals surface area contributed by atoms with Gasteiger partial charge in [0.25, 0.3) is 0 Å². The molecule has 0 aromatic heterocycles. The highest BCUT2D eigenvalue weighted by atomic mass is 16.5. The van der Waals surface area contributed by atoms with Gasteiger partial charge in [-0.25, -0.2) is 0 Å². The number of fused-ring (bicyclic) bond motifs is 3. The van der Waals surface area contributed by atoms with Gasteiger partial charge in [-0.3, -0.25) is 4.90 Å². The smallest absolute Gasteiger partial charge is 0.0768 e. The number of anilines is 1. The third-order valence-electron chi connectivity index (χ3n) is 5.66. The average molecular weight is 256 g/mol. The molecule has 1 aromatic rings. The van der Waals surface area contributed by atoms with Crippen molar-refractivity contribution in [3.05, 3.63) is 29.8 Å². The largest absolute Gasteiger partial charge is 0.375 e. The Hall–Kier alpha value is -1.06. The van der Waals surface area contributed by atoms with Crippen LogP contribution in [0.3, 0.4) is 0 Å². The van der Waals surface area contributed by atoms with Crippen LogP contribution < -0.4 is 4.90 Å². The minimum atomic E-state index is 0.479. The van der Waals surface area contributed by atoms with Gasteiger partial charge in [0.05, 0.1) is 24.8 Å². The summed E-state index contributed by atoms with van der Waals surface area (Å²) in [5.41, 5.74) is 3.10. The molecule has 100 valence electrons. The Morgan fingerprint density at radius 1 is 1.00 bits per heavy atom. The normalized spacial score (nSPS) is 39.9. The second kappa shape index (κ2) is 3.74. The number of nitrogens with zero attached hydrogens (tertiary/aromatic N) is 2. The fourth-order valence-electron chi connectivity index (χ4n) is 4.97. The molecule has 4 atom stereocenters. The lowest BCUT2D eigenvalue weighted by atomic mass is 9.78. The fraction of sp³-hybridized carbons (Fsp3) is 0.625. The van der Waals surface area contributed by atoms with Gasteiger partial charge in [0.1, 0.15) is 0 Å². The molecule has 4 aliphatic heterocycles. The Labute approximate surface area is 114 Å². The number of piperidine rings is 2. The van der Waals surface area contributed by atoms with Crippen LogP contribution in [-0.2, 0) is 4.74 Å². The molecule has 1 aromatic carbocycles. The summed E-state index contributed by atoms with van der Waals surface area (Å²) in [5.74, 6) is 0.738. The lowest BCUT2D eigenvalue weighted by molar-refractivity contribution is -0.104. The molecule has 0 saturated carbocycles. The van der Waals surface area contributed by atoms with Crippen LogP contribution in [0.1, 0.15) is 24.3 Å². The Bertz CT molecular complexity index is 474. The molecule has 3 saturated heterocycles. The van der Waals surface area contributed by atoms with E-state index in [1.54, 1.807) is 5.56 Å². The molecule has 0 bridgehead atoms. The van der Waals surface area contributed by atoms with E-state index in [-0.39, 0.29) is 0 Å². The van der Waals surface area contributed by atoms with E-state index in [2.05, 4.69) is 34.1 Å². The third kappa shape index (κ3) is 1.30. The first-order chi connectivity index (χ1) is 9.43. The molecular formula is C16H20N2O. The van der Waals surface area contributed by atoms with Gasteiger partial charge >= 0.3 is 0 Å². The first kappa shape index (κ1) is 10.7. The second-order valence-corrected chi connectivity index (χ2v) is 6.36. The highest BCUT2D eigenvalue weighted by Crippen LogP contribution is 2.50. The molecule has 0 spiro atoms. The van der Waals surface area contributed by atoms with Crippen LogP contribution in [0.5, 0.6) is 0 Å². The Balaban J connectivity index is 1.63. The fourth-order valence-corrected chi connectivity index (χ4v) is 4.97. The van der Waals surface area contributed by atoms with Crippen molar-refractivity contribution in [1.29, 1.82) is 0 Å². The molecule has 3 heteroatoms. The maximum absolute atomic E-state index is 6.07. The monoisotopic (exact) mass is 256 g/mol. The summed E-state index contributed by atoms with van der Waals surface area (Å²) in [6.07, 6.45) is 2.99. The van der Waals surface area contributed by atoms with Crippen molar-refractivity contribution in [1.82, 2.24) is 4.90 Å². The van der Waals surface area contributed by atoms with Gasteiger partial charge in [0, 0.05) is 24.7 Å². The van der Waals surface area contributed by atoms with Crippen molar-refractivity contribution >= 4 is 5.69 Å². The summed E-state index contributed by atoms with van der Waals surface area (Å²) in [6.45, 7) is 4.50. The molecule has 4 aliphatic rings. The second-order valence-electron chi connectivity index (χ2n) is 6.36. The molecule has 4 heterocycles. The number of hydrogen-bond acceptors (Lipinski definition) is 3. The molecule has 3 fully saturated rings. The molecule has 0 aliphatic carbocycles. The first-order valence-corrected chi connectivity index (χ1v) is 7.65. The SMILES string of the molecule is c1ccc2c(c1)C1CCN3CCOC4CCN2C1C43. The number of benzene rings is 1. The molecule has 3 nitrogen and oxygen atoms in total. The number of hydrogen-bond donors (Lipinski definition) is 0. The van der Waals surface area contributed by atoms with Crippen molar-refractivity contribution in [3.63, 3.8) is 0 Å². The van der Waals surface area contributed by atoms with Crippen LogP contribution in [-0.4, -0.2) is 49.3 Å². The van der Waals surface area contributed by atoms with Gasteiger partial charge in [0.2, 0.25) is 0 Å². The van der Waals surface area contributed by atoms with Gasteiger partial charge in [-0.05, 0) is 31.0 Å². The van der Waals surface area contributed by atoms with E-state index in [0.717, 1.165) is 19.1 Å². The number of para-hydroxylation sites is 1. The Kier molecular flexibility index (Phi) is 2.10. The standard InChI is InChI=1S/C16H20N2O/c1-2-4-13-11(3-1)12-5-7-17-9-10-19-14-6-8-18(13)15(12)16(14)17/h1-4,12,14-16H,5-10H2. The van der Waals surface area contributed by atoms with Crippen molar-refractivity contribution in [2.75, 3.05) is 31.1 Å². The van der Waals surface area contributed by atoms with Crippen LogP contribution in [0.25, 0.3) is 0 Å². The zero-order valence-electron chi connectivity index (χ0n) is 11.2. The molecular weight excluding hydrogens is 236 g/mol. The summed E-state index contributed by atoms with van der Waals surface area (Å²) in [4.78, 5) is 5.38. The minimum absolute atomic E-state index is 0.479. The molecule has 0 N–H and O–H groups in total.